The van der Waals surface area contributed by atoms with Gasteiger partial charge in [0.2, 0.25) is 5.91 Å². The lowest BCUT2D eigenvalue weighted by atomic mass is 10.1. The van der Waals surface area contributed by atoms with E-state index in [0.29, 0.717) is 13.1 Å². The van der Waals surface area contributed by atoms with Gasteiger partial charge in [-0.25, -0.2) is 0 Å². The molecular formula is C13H18N2OS. The molecule has 1 heterocycles. The van der Waals surface area contributed by atoms with Crippen LogP contribution in [0.2, 0.25) is 0 Å². The maximum Gasteiger partial charge on any atom is 0.223 e. The van der Waals surface area contributed by atoms with E-state index in [-0.39, 0.29) is 11.8 Å². The minimum atomic E-state index is 0.0754. The summed E-state index contributed by atoms with van der Waals surface area (Å²) in [5.74, 6) is 5.97. The van der Waals surface area contributed by atoms with E-state index in [1.807, 2.05) is 26.0 Å². The van der Waals surface area contributed by atoms with Gasteiger partial charge in [0.1, 0.15) is 0 Å². The van der Waals surface area contributed by atoms with Crippen molar-refractivity contribution in [1.29, 1.82) is 0 Å². The number of carbonyl (C=O) groups excluding carboxylic acids is 1. The molecule has 4 heteroatoms. The van der Waals surface area contributed by atoms with E-state index in [9.17, 15) is 4.79 Å². The molecule has 0 spiro atoms. The third-order valence-electron chi connectivity index (χ3n) is 2.47. The van der Waals surface area contributed by atoms with Crippen LogP contribution in [0.25, 0.3) is 0 Å². The Morgan fingerprint density at radius 3 is 3.00 bits per heavy atom. The maximum atomic E-state index is 11.6. The topological polar surface area (TPSA) is 55.1 Å². The van der Waals surface area contributed by atoms with Crippen molar-refractivity contribution >= 4 is 17.2 Å². The molecule has 1 unspecified atom stereocenters. The third kappa shape index (κ3) is 4.59. The molecule has 0 fully saturated rings. The lowest BCUT2D eigenvalue weighted by Gasteiger charge is -2.08. The Kier molecular flexibility index (Phi) is 5.75. The Morgan fingerprint density at radius 2 is 2.35 bits per heavy atom. The molecule has 0 aromatic carbocycles. The molecule has 0 aliphatic heterocycles. The molecule has 0 bridgehead atoms. The van der Waals surface area contributed by atoms with Gasteiger partial charge in [-0.15, -0.1) is 11.3 Å². The van der Waals surface area contributed by atoms with Crippen molar-refractivity contribution in [1.82, 2.24) is 5.32 Å². The molecule has 0 saturated heterocycles. The van der Waals surface area contributed by atoms with Crippen LogP contribution in [-0.4, -0.2) is 12.5 Å². The molecule has 3 N–H and O–H groups in total. The number of nitrogens with two attached hydrogens (primary N) is 1. The van der Waals surface area contributed by atoms with Crippen LogP contribution in [0.1, 0.15) is 30.0 Å². The van der Waals surface area contributed by atoms with Gasteiger partial charge in [0, 0.05) is 10.8 Å². The van der Waals surface area contributed by atoms with Crippen molar-refractivity contribution in [3.63, 3.8) is 0 Å². The molecular weight excluding hydrogens is 232 g/mol. The van der Waals surface area contributed by atoms with Crippen molar-refractivity contribution in [2.45, 2.75) is 26.8 Å². The summed E-state index contributed by atoms with van der Waals surface area (Å²) >= 11 is 1.59. The number of thiophene rings is 1. The Labute approximate surface area is 106 Å². The molecule has 1 aromatic heterocycles. The summed E-state index contributed by atoms with van der Waals surface area (Å²) < 4.78 is 0. The first-order valence-electron chi connectivity index (χ1n) is 5.72. The number of hydrogen-bond acceptors (Lipinski definition) is 3. The first-order chi connectivity index (χ1) is 8.17. The lowest BCUT2D eigenvalue weighted by molar-refractivity contribution is -0.124. The highest BCUT2D eigenvalue weighted by molar-refractivity contribution is 7.12. The maximum absolute atomic E-state index is 11.6. The molecule has 1 aromatic rings. The second kappa shape index (κ2) is 7.10. The van der Waals surface area contributed by atoms with Crippen molar-refractivity contribution in [2.24, 2.45) is 11.7 Å². The van der Waals surface area contributed by atoms with Crippen LogP contribution in [0.5, 0.6) is 0 Å². The van der Waals surface area contributed by atoms with E-state index in [2.05, 4.69) is 17.2 Å². The molecule has 0 radical (unpaired) electrons. The quantitative estimate of drug-likeness (QED) is 0.799. The first-order valence-corrected chi connectivity index (χ1v) is 6.54. The van der Waals surface area contributed by atoms with Crippen LogP contribution in [0.3, 0.4) is 0 Å². The van der Waals surface area contributed by atoms with Gasteiger partial charge < -0.3 is 11.1 Å². The SMILES string of the molecule is CCC(C)C(=O)NCc1ccc(C#CCN)s1. The van der Waals surface area contributed by atoms with Gasteiger partial charge in [-0.2, -0.15) is 0 Å². The Balaban J connectivity index is 2.47. The zero-order valence-corrected chi connectivity index (χ0v) is 11.1. The standard InChI is InChI=1S/C13H18N2OS/c1-3-10(2)13(16)15-9-12-7-6-11(17-12)5-4-8-14/h6-7,10H,3,8-9,14H2,1-2H3,(H,15,16). The molecule has 1 atom stereocenters. The second-order valence-electron chi connectivity index (χ2n) is 3.80. The van der Waals surface area contributed by atoms with Gasteiger partial charge in [-0.1, -0.05) is 25.7 Å². The largest absolute Gasteiger partial charge is 0.351 e. The van der Waals surface area contributed by atoms with E-state index < -0.39 is 0 Å². The fraction of sp³-hybridized carbons (Fsp3) is 0.462. The van der Waals surface area contributed by atoms with Gasteiger partial charge in [-0.3, -0.25) is 4.79 Å². The van der Waals surface area contributed by atoms with E-state index in [1.54, 1.807) is 11.3 Å². The van der Waals surface area contributed by atoms with Crippen molar-refractivity contribution in [3.05, 3.63) is 21.9 Å². The van der Waals surface area contributed by atoms with Gasteiger partial charge in [0.25, 0.3) is 0 Å². The van der Waals surface area contributed by atoms with Crippen LogP contribution in [-0.2, 0) is 11.3 Å². The molecule has 0 saturated carbocycles. The average molecular weight is 250 g/mol. The van der Waals surface area contributed by atoms with Crippen LogP contribution in [0, 0.1) is 17.8 Å². The van der Waals surface area contributed by atoms with E-state index >= 15 is 0 Å². The second-order valence-corrected chi connectivity index (χ2v) is 4.97. The molecule has 1 amide bonds. The van der Waals surface area contributed by atoms with E-state index in [0.717, 1.165) is 16.2 Å². The molecule has 17 heavy (non-hydrogen) atoms. The van der Waals surface area contributed by atoms with Crippen molar-refractivity contribution in [3.8, 4) is 11.8 Å². The summed E-state index contributed by atoms with van der Waals surface area (Å²) in [7, 11) is 0. The Hall–Kier alpha value is -1.31. The van der Waals surface area contributed by atoms with Gasteiger partial charge in [0.15, 0.2) is 0 Å². The number of rotatable bonds is 4. The van der Waals surface area contributed by atoms with Crippen LogP contribution < -0.4 is 11.1 Å². The zero-order valence-electron chi connectivity index (χ0n) is 10.2. The van der Waals surface area contributed by atoms with Crippen LogP contribution in [0.15, 0.2) is 12.1 Å². The van der Waals surface area contributed by atoms with Crippen molar-refractivity contribution < 1.29 is 4.79 Å². The number of amides is 1. The molecule has 1 rings (SSSR count). The summed E-state index contributed by atoms with van der Waals surface area (Å²) in [6.45, 7) is 4.90. The highest BCUT2D eigenvalue weighted by Crippen LogP contribution is 2.15. The summed E-state index contributed by atoms with van der Waals surface area (Å²) in [5, 5.41) is 2.92. The van der Waals surface area contributed by atoms with E-state index in [4.69, 9.17) is 5.73 Å². The average Bonchev–Trinajstić information content (AvgIpc) is 2.80. The predicted octanol–water partition coefficient (Wildman–Crippen LogP) is 1.72. The first kappa shape index (κ1) is 13.8. The molecule has 3 nitrogen and oxygen atoms in total. The summed E-state index contributed by atoms with van der Waals surface area (Å²) in [6.07, 6.45) is 0.865. The number of carbonyl (C=O) groups is 1. The Morgan fingerprint density at radius 1 is 1.59 bits per heavy atom. The normalized spacial score (nSPS) is 11.5. The highest BCUT2D eigenvalue weighted by atomic mass is 32.1. The van der Waals surface area contributed by atoms with E-state index in [1.165, 1.54) is 0 Å². The van der Waals surface area contributed by atoms with Gasteiger partial charge in [-0.05, 0) is 18.6 Å². The zero-order chi connectivity index (χ0) is 12.7. The summed E-state index contributed by atoms with van der Waals surface area (Å²) in [5.41, 5.74) is 5.30. The van der Waals surface area contributed by atoms with Gasteiger partial charge >= 0.3 is 0 Å². The summed E-state index contributed by atoms with van der Waals surface area (Å²) in [4.78, 5) is 13.7. The van der Waals surface area contributed by atoms with Crippen LogP contribution in [0.4, 0.5) is 0 Å². The predicted molar refractivity (Wildman–Crippen MR) is 71.6 cm³/mol. The number of hydrogen-bond donors (Lipinski definition) is 2. The van der Waals surface area contributed by atoms with Crippen molar-refractivity contribution in [2.75, 3.05) is 6.54 Å². The fourth-order valence-electron chi connectivity index (χ4n) is 1.21. The van der Waals surface area contributed by atoms with Gasteiger partial charge in [0.05, 0.1) is 18.0 Å². The monoisotopic (exact) mass is 250 g/mol. The summed E-state index contributed by atoms with van der Waals surface area (Å²) in [6, 6.07) is 3.94. The lowest BCUT2D eigenvalue weighted by Crippen LogP contribution is -2.27. The fourth-order valence-corrected chi connectivity index (χ4v) is 2.03. The highest BCUT2D eigenvalue weighted by Gasteiger charge is 2.09. The molecule has 0 aliphatic carbocycles. The molecule has 0 aliphatic rings. The third-order valence-corrected chi connectivity index (χ3v) is 3.47. The minimum Gasteiger partial charge on any atom is -0.351 e. The molecule has 92 valence electrons. The Bertz CT molecular complexity index is 428. The minimum absolute atomic E-state index is 0.0754. The smallest absolute Gasteiger partial charge is 0.223 e. The van der Waals surface area contributed by atoms with Crippen LogP contribution >= 0.6 is 11.3 Å². The number of nitrogens with one attached hydrogen (secondary N) is 1.